The minimum atomic E-state index is -0.768. The highest BCUT2D eigenvalue weighted by Crippen LogP contribution is 2.28. The summed E-state index contributed by atoms with van der Waals surface area (Å²) in [7, 11) is 0. The Balaban J connectivity index is 1.59. The van der Waals surface area contributed by atoms with Crippen LogP contribution in [0, 0.1) is 0 Å². The van der Waals surface area contributed by atoms with E-state index in [0.717, 1.165) is 32.5 Å². The zero-order valence-corrected chi connectivity index (χ0v) is 12.9. The second-order valence-electron chi connectivity index (χ2n) is 6.81. The molecule has 0 spiro atoms. The maximum absolute atomic E-state index is 12.2. The number of nitrogens with zero attached hydrogens (tertiary/aromatic N) is 2. The van der Waals surface area contributed by atoms with Crippen LogP contribution in [0.4, 0.5) is 4.79 Å². The van der Waals surface area contributed by atoms with Gasteiger partial charge in [0.05, 0.1) is 12.7 Å². The van der Waals surface area contributed by atoms with Crippen LogP contribution in [-0.4, -0.2) is 65.7 Å². The minimum Gasteiger partial charge on any atom is -0.375 e. The first-order valence-corrected chi connectivity index (χ1v) is 7.99. The van der Waals surface area contributed by atoms with Gasteiger partial charge in [0, 0.05) is 25.7 Å². The quantitative estimate of drug-likeness (QED) is 0.788. The van der Waals surface area contributed by atoms with Crippen molar-refractivity contribution in [2.75, 3.05) is 26.2 Å². The van der Waals surface area contributed by atoms with Crippen LogP contribution in [0.15, 0.2) is 0 Å². The van der Waals surface area contributed by atoms with E-state index in [1.54, 1.807) is 13.8 Å². The number of carbonyl (C=O) groups excluding carboxylic acids is 2. The van der Waals surface area contributed by atoms with E-state index in [2.05, 4.69) is 10.2 Å². The second kappa shape index (κ2) is 5.57. The van der Waals surface area contributed by atoms with Crippen LogP contribution in [-0.2, 0) is 9.53 Å². The fourth-order valence-corrected chi connectivity index (χ4v) is 3.70. The van der Waals surface area contributed by atoms with E-state index >= 15 is 0 Å². The fraction of sp³-hybridized carbons (Fsp3) is 0.867. The molecule has 3 amide bonds. The summed E-state index contributed by atoms with van der Waals surface area (Å²) in [5.41, 5.74) is -0.768. The summed E-state index contributed by atoms with van der Waals surface area (Å²) in [4.78, 5) is 27.9. The van der Waals surface area contributed by atoms with Crippen LogP contribution in [0.2, 0.25) is 0 Å². The predicted molar refractivity (Wildman–Crippen MR) is 77.9 cm³/mol. The van der Waals surface area contributed by atoms with E-state index in [0.29, 0.717) is 18.7 Å². The molecule has 1 saturated carbocycles. The van der Waals surface area contributed by atoms with Gasteiger partial charge in [0.25, 0.3) is 5.91 Å². The summed E-state index contributed by atoms with van der Waals surface area (Å²) in [6.07, 6.45) is 5.13. The van der Waals surface area contributed by atoms with Crippen molar-refractivity contribution in [2.45, 2.75) is 57.2 Å². The van der Waals surface area contributed by atoms with Gasteiger partial charge >= 0.3 is 6.03 Å². The number of fused-ring (bicyclic) bond motifs is 1. The van der Waals surface area contributed by atoms with Gasteiger partial charge in [-0.2, -0.15) is 0 Å². The SMILES string of the molecule is CC1(C)NC(=O)N(CCN2CCO[C@@H]3CCCC[C@H]32)C1=O. The van der Waals surface area contributed by atoms with Gasteiger partial charge in [-0.25, -0.2) is 4.79 Å². The Morgan fingerprint density at radius 3 is 2.71 bits per heavy atom. The Bertz CT molecular complexity index is 436. The van der Waals surface area contributed by atoms with E-state index in [4.69, 9.17) is 4.74 Å². The third kappa shape index (κ3) is 2.79. The van der Waals surface area contributed by atoms with Crippen LogP contribution < -0.4 is 5.32 Å². The Hall–Kier alpha value is -1.14. The molecule has 0 aromatic heterocycles. The highest BCUT2D eigenvalue weighted by atomic mass is 16.5. The Kier molecular flexibility index (Phi) is 3.92. The molecule has 3 aliphatic rings. The van der Waals surface area contributed by atoms with Crippen LogP contribution >= 0.6 is 0 Å². The molecular weight excluding hydrogens is 270 g/mol. The van der Waals surface area contributed by atoms with Gasteiger partial charge in [-0.3, -0.25) is 14.6 Å². The van der Waals surface area contributed by atoms with E-state index in [-0.39, 0.29) is 11.9 Å². The number of ether oxygens (including phenoxy) is 1. The van der Waals surface area contributed by atoms with Gasteiger partial charge in [-0.05, 0) is 26.7 Å². The molecule has 3 rings (SSSR count). The average molecular weight is 295 g/mol. The van der Waals surface area contributed by atoms with Gasteiger partial charge < -0.3 is 10.1 Å². The highest BCUT2D eigenvalue weighted by Gasteiger charge is 2.44. The molecule has 3 fully saturated rings. The Morgan fingerprint density at radius 1 is 1.24 bits per heavy atom. The number of imide groups is 1. The summed E-state index contributed by atoms with van der Waals surface area (Å²) in [5, 5.41) is 2.73. The normalized spacial score (nSPS) is 33.0. The molecule has 0 unspecified atom stereocenters. The topological polar surface area (TPSA) is 61.9 Å². The predicted octanol–water partition coefficient (Wildman–Crippen LogP) is 0.960. The van der Waals surface area contributed by atoms with Gasteiger partial charge in [0.2, 0.25) is 0 Å². The van der Waals surface area contributed by atoms with Crippen molar-refractivity contribution < 1.29 is 14.3 Å². The molecule has 2 aliphatic heterocycles. The summed E-state index contributed by atoms with van der Waals surface area (Å²) in [5.74, 6) is -0.124. The molecule has 6 heteroatoms. The lowest BCUT2D eigenvalue weighted by atomic mass is 9.90. The number of nitrogens with one attached hydrogen (secondary N) is 1. The van der Waals surface area contributed by atoms with Crippen molar-refractivity contribution >= 4 is 11.9 Å². The summed E-state index contributed by atoms with van der Waals surface area (Å²) >= 11 is 0. The van der Waals surface area contributed by atoms with Crippen molar-refractivity contribution in [3.8, 4) is 0 Å². The Morgan fingerprint density at radius 2 is 2.00 bits per heavy atom. The van der Waals surface area contributed by atoms with Crippen LogP contribution in [0.25, 0.3) is 0 Å². The van der Waals surface area contributed by atoms with Gasteiger partial charge in [0.15, 0.2) is 0 Å². The molecule has 21 heavy (non-hydrogen) atoms. The summed E-state index contributed by atoms with van der Waals surface area (Å²) in [6, 6.07) is 0.194. The first-order valence-electron chi connectivity index (χ1n) is 7.99. The molecule has 0 radical (unpaired) electrons. The number of rotatable bonds is 3. The van der Waals surface area contributed by atoms with Crippen LogP contribution in [0.5, 0.6) is 0 Å². The van der Waals surface area contributed by atoms with Gasteiger partial charge in [0.1, 0.15) is 5.54 Å². The molecule has 0 aromatic rings. The lowest BCUT2D eigenvalue weighted by Gasteiger charge is -2.44. The number of hydrogen-bond donors (Lipinski definition) is 1. The molecule has 2 heterocycles. The molecule has 2 atom stereocenters. The van der Waals surface area contributed by atoms with E-state index in [9.17, 15) is 9.59 Å². The molecule has 2 saturated heterocycles. The Labute approximate surface area is 125 Å². The van der Waals surface area contributed by atoms with Crippen LogP contribution in [0.3, 0.4) is 0 Å². The number of urea groups is 1. The zero-order chi connectivity index (χ0) is 15.0. The van der Waals surface area contributed by atoms with E-state index < -0.39 is 5.54 Å². The second-order valence-corrected chi connectivity index (χ2v) is 6.81. The molecule has 0 aromatic carbocycles. The van der Waals surface area contributed by atoms with E-state index in [1.165, 1.54) is 17.7 Å². The minimum absolute atomic E-state index is 0.124. The molecule has 118 valence electrons. The molecule has 6 nitrogen and oxygen atoms in total. The van der Waals surface area contributed by atoms with Crippen molar-refractivity contribution in [1.82, 2.24) is 15.1 Å². The molecule has 1 aliphatic carbocycles. The third-order valence-corrected chi connectivity index (χ3v) is 4.90. The van der Waals surface area contributed by atoms with Crippen molar-refractivity contribution in [3.63, 3.8) is 0 Å². The number of hydrogen-bond acceptors (Lipinski definition) is 4. The van der Waals surface area contributed by atoms with Crippen LogP contribution in [0.1, 0.15) is 39.5 Å². The highest BCUT2D eigenvalue weighted by molar-refractivity contribution is 6.06. The molecular formula is C15H25N3O3. The fourth-order valence-electron chi connectivity index (χ4n) is 3.70. The summed E-state index contributed by atoms with van der Waals surface area (Å²) < 4.78 is 5.86. The van der Waals surface area contributed by atoms with E-state index in [1.807, 2.05) is 0 Å². The number of amides is 3. The van der Waals surface area contributed by atoms with Gasteiger partial charge in [-0.15, -0.1) is 0 Å². The largest absolute Gasteiger partial charge is 0.375 e. The number of morpholine rings is 1. The molecule has 1 N–H and O–H groups in total. The van der Waals surface area contributed by atoms with Crippen molar-refractivity contribution in [1.29, 1.82) is 0 Å². The maximum atomic E-state index is 12.2. The van der Waals surface area contributed by atoms with Gasteiger partial charge in [-0.1, -0.05) is 12.8 Å². The maximum Gasteiger partial charge on any atom is 0.325 e. The first kappa shape index (κ1) is 14.8. The van der Waals surface area contributed by atoms with Crippen molar-refractivity contribution in [3.05, 3.63) is 0 Å². The smallest absolute Gasteiger partial charge is 0.325 e. The monoisotopic (exact) mass is 295 g/mol. The third-order valence-electron chi connectivity index (χ3n) is 4.90. The lowest BCUT2D eigenvalue weighted by molar-refractivity contribution is -0.131. The molecule has 0 bridgehead atoms. The number of carbonyl (C=O) groups is 2. The first-order chi connectivity index (χ1) is 9.99. The lowest BCUT2D eigenvalue weighted by Crippen LogP contribution is -2.54. The van der Waals surface area contributed by atoms with Crippen molar-refractivity contribution in [2.24, 2.45) is 0 Å². The average Bonchev–Trinajstić information content (AvgIpc) is 2.65. The zero-order valence-electron chi connectivity index (χ0n) is 12.9. The summed E-state index contributed by atoms with van der Waals surface area (Å²) in [6.45, 7) is 6.37. The standard InChI is InChI=1S/C15H25N3O3/c1-15(2)13(19)18(14(20)16-15)8-7-17-9-10-21-12-6-4-3-5-11(12)17/h11-12H,3-10H2,1-2H3,(H,16,20)/t11-,12-/m1/s1.